The average Bonchev–Trinajstić information content (AvgIpc) is 2.76. The molecule has 19 heavy (non-hydrogen) atoms. The number of rotatable bonds is 4. The second kappa shape index (κ2) is 5.48. The highest BCUT2D eigenvalue weighted by atomic mass is 79.9. The lowest BCUT2D eigenvalue weighted by Crippen LogP contribution is -2.17. The van der Waals surface area contributed by atoms with Gasteiger partial charge in [-0.1, -0.05) is 12.1 Å². The largest absolute Gasteiger partial charge is 0.452 e. The van der Waals surface area contributed by atoms with Gasteiger partial charge in [0.25, 0.3) is 0 Å². The van der Waals surface area contributed by atoms with Gasteiger partial charge in [-0.05, 0) is 52.8 Å². The van der Waals surface area contributed by atoms with E-state index >= 15 is 0 Å². The highest BCUT2D eigenvalue weighted by Gasteiger charge is 2.17. The fourth-order valence-corrected chi connectivity index (χ4v) is 2.88. The monoisotopic (exact) mass is 343 g/mol. The van der Waals surface area contributed by atoms with Crippen LogP contribution in [0.1, 0.15) is 17.4 Å². The maximum Gasteiger partial charge on any atom is 0.175 e. The van der Waals surface area contributed by atoms with E-state index in [4.69, 9.17) is 4.42 Å². The summed E-state index contributed by atoms with van der Waals surface area (Å²) >= 11 is 3.26. The van der Waals surface area contributed by atoms with Gasteiger partial charge in [0, 0.05) is 6.26 Å². The molecule has 0 bridgehead atoms. The molecule has 0 fully saturated rings. The van der Waals surface area contributed by atoms with Crippen molar-refractivity contribution in [2.45, 2.75) is 10.9 Å². The average molecular weight is 344 g/mol. The molecular weight excluding hydrogens is 330 g/mol. The summed E-state index contributed by atoms with van der Waals surface area (Å²) in [4.78, 5) is 0.302. The molecule has 0 radical (unpaired) electrons. The summed E-state index contributed by atoms with van der Waals surface area (Å²) in [7, 11) is -1.41. The van der Waals surface area contributed by atoms with Gasteiger partial charge in [0.15, 0.2) is 14.5 Å². The molecule has 0 aliphatic rings. The Morgan fingerprint density at radius 1 is 1.26 bits per heavy atom. The van der Waals surface area contributed by atoms with Gasteiger partial charge < -0.3 is 9.73 Å². The normalized spacial score (nSPS) is 13.4. The summed E-state index contributed by atoms with van der Waals surface area (Å²) in [5, 5.41) is 3.12. The number of halogens is 1. The number of nitrogens with one attached hydrogen (secondary N) is 1. The maximum atomic E-state index is 11.6. The Labute approximate surface area is 120 Å². The summed E-state index contributed by atoms with van der Waals surface area (Å²) in [5.41, 5.74) is 0.840. The zero-order chi connectivity index (χ0) is 14.0. The minimum atomic E-state index is -3.21. The number of hydrogen-bond donors (Lipinski definition) is 1. The van der Waals surface area contributed by atoms with E-state index in [1.54, 1.807) is 31.3 Å². The first-order chi connectivity index (χ1) is 8.91. The van der Waals surface area contributed by atoms with Crippen molar-refractivity contribution in [1.29, 1.82) is 0 Å². The number of furan rings is 1. The first-order valence-corrected chi connectivity index (χ1v) is 8.33. The second-order valence-electron chi connectivity index (χ2n) is 4.21. The molecule has 0 saturated carbocycles. The molecule has 1 atom stereocenters. The van der Waals surface area contributed by atoms with E-state index in [1.807, 2.05) is 12.1 Å². The highest BCUT2D eigenvalue weighted by molar-refractivity contribution is 9.10. The molecule has 0 saturated heterocycles. The molecule has 1 N–H and O–H groups in total. The number of sulfone groups is 1. The Balaban J connectivity index is 2.45. The number of hydrogen-bond acceptors (Lipinski definition) is 4. The lowest BCUT2D eigenvalue weighted by Gasteiger charge is -2.14. The third-order valence-electron chi connectivity index (χ3n) is 2.79. The minimum absolute atomic E-state index is 0.187. The first kappa shape index (κ1) is 14.3. The topological polar surface area (TPSA) is 59.3 Å². The van der Waals surface area contributed by atoms with Crippen LogP contribution in [0.2, 0.25) is 0 Å². The molecule has 1 aromatic heterocycles. The first-order valence-electron chi connectivity index (χ1n) is 5.64. The molecule has 2 rings (SSSR count). The molecule has 6 heteroatoms. The minimum Gasteiger partial charge on any atom is -0.452 e. The van der Waals surface area contributed by atoms with Crippen molar-refractivity contribution in [1.82, 2.24) is 5.32 Å². The van der Waals surface area contributed by atoms with Crippen LogP contribution in [0.4, 0.5) is 0 Å². The Kier molecular flexibility index (Phi) is 4.13. The van der Waals surface area contributed by atoms with Gasteiger partial charge in [0.05, 0.1) is 10.9 Å². The molecule has 1 heterocycles. The molecule has 2 aromatic rings. The summed E-state index contributed by atoms with van der Waals surface area (Å²) in [6.07, 6.45) is 1.20. The van der Waals surface area contributed by atoms with Crippen LogP contribution < -0.4 is 5.32 Å². The van der Waals surface area contributed by atoms with Crippen molar-refractivity contribution >= 4 is 25.8 Å². The van der Waals surface area contributed by atoms with Crippen LogP contribution >= 0.6 is 15.9 Å². The molecule has 1 aromatic carbocycles. The van der Waals surface area contributed by atoms with Crippen molar-refractivity contribution in [2.24, 2.45) is 0 Å². The molecule has 1 unspecified atom stereocenters. The van der Waals surface area contributed by atoms with Crippen LogP contribution in [0.3, 0.4) is 0 Å². The predicted octanol–water partition coefficient (Wildman–Crippen LogP) is 2.75. The third kappa shape index (κ3) is 3.26. The summed E-state index contributed by atoms with van der Waals surface area (Å²) in [5.74, 6) is 0.722. The van der Waals surface area contributed by atoms with E-state index in [9.17, 15) is 8.42 Å². The molecule has 102 valence electrons. The smallest absolute Gasteiger partial charge is 0.175 e. The molecular formula is C13H14BrNO3S. The Hall–Kier alpha value is -1.11. The zero-order valence-electron chi connectivity index (χ0n) is 10.6. The SMILES string of the molecule is CNC(c1cccc(S(C)(=O)=O)c1)c1ccc(Br)o1. The van der Waals surface area contributed by atoms with Gasteiger partial charge in [-0.2, -0.15) is 0 Å². The Morgan fingerprint density at radius 2 is 2.00 bits per heavy atom. The van der Waals surface area contributed by atoms with E-state index < -0.39 is 9.84 Å². The van der Waals surface area contributed by atoms with Gasteiger partial charge in [0.2, 0.25) is 0 Å². The molecule has 0 spiro atoms. The van der Waals surface area contributed by atoms with Crippen LogP contribution in [0.25, 0.3) is 0 Å². The van der Waals surface area contributed by atoms with Gasteiger partial charge in [-0.3, -0.25) is 0 Å². The molecule has 0 aliphatic heterocycles. The van der Waals surface area contributed by atoms with Crippen LogP contribution in [-0.4, -0.2) is 21.7 Å². The van der Waals surface area contributed by atoms with Crippen molar-refractivity contribution in [3.05, 3.63) is 52.4 Å². The standard InChI is InChI=1S/C13H14BrNO3S/c1-15-13(11-6-7-12(14)18-11)9-4-3-5-10(8-9)19(2,16)17/h3-8,13,15H,1-2H3. The van der Waals surface area contributed by atoms with E-state index in [0.29, 0.717) is 9.56 Å². The lowest BCUT2D eigenvalue weighted by molar-refractivity contribution is 0.447. The highest BCUT2D eigenvalue weighted by Crippen LogP contribution is 2.27. The summed E-state index contributed by atoms with van der Waals surface area (Å²) in [6, 6.07) is 10.3. The Bertz CT molecular complexity index is 679. The number of benzene rings is 1. The fourth-order valence-electron chi connectivity index (χ4n) is 1.88. The molecule has 4 nitrogen and oxygen atoms in total. The fraction of sp³-hybridized carbons (Fsp3) is 0.231. The van der Waals surface area contributed by atoms with Crippen molar-refractivity contribution < 1.29 is 12.8 Å². The van der Waals surface area contributed by atoms with Crippen LogP contribution in [0.15, 0.2) is 50.4 Å². The molecule has 0 amide bonds. The van der Waals surface area contributed by atoms with E-state index in [-0.39, 0.29) is 6.04 Å². The van der Waals surface area contributed by atoms with E-state index in [1.165, 1.54) is 6.26 Å². The van der Waals surface area contributed by atoms with E-state index in [2.05, 4.69) is 21.2 Å². The van der Waals surface area contributed by atoms with Crippen molar-refractivity contribution in [3.8, 4) is 0 Å². The van der Waals surface area contributed by atoms with Crippen molar-refractivity contribution in [3.63, 3.8) is 0 Å². The van der Waals surface area contributed by atoms with Crippen LogP contribution in [0, 0.1) is 0 Å². The van der Waals surface area contributed by atoms with Gasteiger partial charge in [0.1, 0.15) is 5.76 Å². The van der Waals surface area contributed by atoms with Crippen LogP contribution in [0.5, 0.6) is 0 Å². The summed E-state index contributed by atoms with van der Waals surface area (Å²) < 4.78 is 29.3. The van der Waals surface area contributed by atoms with Crippen LogP contribution in [-0.2, 0) is 9.84 Å². The second-order valence-corrected chi connectivity index (χ2v) is 7.01. The zero-order valence-corrected chi connectivity index (χ0v) is 13.0. The van der Waals surface area contributed by atoms with Gasteiger partial charge >= 0.3 is 0 Å². The predicted molar refractivity (Wildman–Crippen MR) is 76.9 cm³/mol. The van der Waals surface area contributed by atoms with Gasteiger partial charge in [-0.25, -0.2) is 8.42 Å². The van der Waals surface area contributed by atoms with E-state index in [0.717, 1.165) is 11.3 Å². The summed E-state index contributed by atoms with van der Waals surface area (Å²) in [6.45, 7) is 0. The third-order valence-corrected chi connectivity index (χ3v) is 4.32. The maximum absolute atomic E-state index is 11.6. The lowest BCUT2D eigenvalue weighted by atomic mass is 10.1. The van der Waals surface area contributed by atoms with Gasteiger partial charge in [-0.15, -0.1) is 0 Å². The quantitative estimate of drug-likeness (QED) is 0.927. The van der Waals surface area contributed by atoms with Crippen molar-refractivity contribution in [2.75, 3.05) is 13.3 Å². The molecule has 0 aliphatic carbocycles. The Morgan fingerprint density at radius 3 is 2.53 bits per heavy atom.